The van der Waals surface area contributed by atoms with Gasteiger partial charge in [-0.25, -0.2) is 0 Å². The SMILES string of the molecule is Cc1ccc(CNC(=O)Cn2ccc3ccn(C)c3c2=O)cc1C. The highest BCUT2D eigenvalue weighted by Crippen LogP contribution is 2.10. The molecule has 124 valence electrons. The number of aromatic nitrogens is 2. The van der Waals surface area contributed by atoms with Gasteiger partial charge in [0.25, 0.3) is 5.56 Å². The fraction of sp³-hybridized carbons (Fsp3) is 0.263. The average molecular weight is 323 g/mol. The Morgan fingerprint density at radius 1 is 1.08 bits per heavy atom. The minimum Gasteiger partial charge on any atom is -0.350 e. The molecule has 0 saturated heterocycles. The van der Waals surface area contributed by atoms with E-state index in [1.165, 1.54) is 15.7 Å². The van der Waals surface area contributed by atoms with Gasteiger partial charge in [-0.1, -0.05) is 18.2 Å². The molecule has 5 nitrogen and oxygen atoms in total. The Hall–Kier alpha value is -2.82. The van der Waals surface area contributed by atoms with E-state index in [2.05, 4.69) is 25.2 Å². The normalized spacial score (nSPS) is 11.0. The summed E-state index contributed by atoms with van der Waals surface area (Å²) in [7, 11) is 1.83. The smallest absolute Gasteiger partial charge is 0.275 e. The van der Waals surface area contributed by atoms with Crippen molar-refractivity contribution in [2.75, 3.05) is 0 Å². The van der Waals surface area contributed by atoms with Crippen molar-refractivity contribution in [1.29, 1.82) is 0 Å². The molecule has 1 amide bonds. The lowest BCUT2D eigenvalue weighted by Gasteiger charge is -2.09. The summed E-state index contributed by atoms with van der Waals surface area (Å²) >= 11 is 0. The summed E-state index contributed by atoms with van der Waals surface area (Å²) in [4.78, 5) is 24.6. The van der Waals surface area contributed by atoms with Crippen molar-refractivity contribution < 1.29 is 4.79 Å². The highest BCUT2D eigenvalue weighted by atomic mass is 16.2. The molecule has 0 radical (unpaired) electrons. The second-order valence-electron chi connectivity index (χ2n) is 6.17. The molecule has 0 aliphatic carbocycles. The van der Waals surface area contributed by atoms with Gasteiger partial charge in [0.05, 0.1) is 0 Å². The fourth-order valence-corrected chi connectivity index (χ4v) is 2.78. The maximum atomic E-state index is 12.5. The zero-order valence-electron chi connectivity index (χ0n) is 14.2. The van der Waals surface area contributed by atoms with Gasteiger partial charge in [0.15, 0.2) is 0 Å². The Morgan fingerprint density at radius 3 is 2.58 bits per heavy atom. The fourth-order valence-electron chi connectivity index (χ4n) is 2.78. The van der Waals surface area contributed by atoms with E-state index >= 15 is 0 Å². The number of fused-ring (bicyclic) bond motifs is 1. The van der Waals surface area contributed by atoms with Crippen LogP contribution in [0.15, 0.2) is 47.5 Å². The van der Waals surface area contributed by atoms with Gasteiger partial charge in [-0.15, -0.1) is 0 Å². The van der Waals surface area contributed by atoms with Crippen molar-refractivity contribution in [3.63, 3.8) is 0 Å². The maximum absolute atomic E-state index is 12.5. The van der Waals surface area contributed by atoms with Crippen LogP contribution in [0.2, 0.25) is 0 Å². The van der Waals surface area contributed by atoms with Crippen molar-refractivity contribution in [3.8, 4) is 0 Å². The molecule has 0 aliphatic rings. The van der Waals surface area contributed by atoms with Gasteiger partial charge < -0.3 is 14.5 Å². The van der Waals surface area contributed by atoms with E-state index in [9.17, 15) is 9.59 Å². The minimum atomic E-state index is -0.177. The van der Waals surface area contributed by atoms with Crippen LogP contribution < -0.4 is 10.9 Å². The summed E-state index contributed by atoms with van der Waals surface area (Å²) in [6.07, 6.45) is 3.51. The molecule has 0 fully saturated rings. The van der Waals surface area contributed by atoms with Gasteiger partial charge in [-0.3, -0.25) is 9.59 Å². The number of amides is 1. The van der Waals surface area contributed by atoms with E-state index < -0.39 is 0 Å². The second kappa shape index (κ2) is 6.35. The number of aryl methyl sites for hydroxylation is 3. The molecule has 3 rings (SSSR count). The van der Waals surface area contributed by atoms with Crippen LogP contribution in [0.4, 0.5) is 0 Å². The summed E-state index contributed by atoms with van der Waals surface area (Å²) < 4.78 is 3.22. The number of carbonyl (C=O) groups excluding carboxylic acids is 1. The van der Waals surface area contributed by atoms with Crippen molar-refractivity contribution in [1.82, 2.24) is 14.5 Å². The zero-order chi connectivity index (χ0) is 17.3. The van der Waals surface area contributed by atoms with E-state index in [0.717, 1.165) is 10.9 Å². The number of nitrogens with zero attached hydrogens (tertiary/aromatic N) is 2. The summed E-state index contributed by atoms with van der Waals surface area (Å²) in [5.41, 5.74) is 3.94. The van der Waals surface area contributed by atoms with Crippen LogP contribution in [0.3, 0.4) is 0 Å². The van der Waals surface area contributed by atoms with E-state index in [4.69, 9.17) is 0 Å². The maximum Gasteiger partial charge on any atom is 0.275 e. The summed E-state index contributed by atoms with van der Waals surface area (Å²) in [6, 6.07) is 9.86. The standard InChI is InChI=1S/C19H21N3O2/c1-13-4-5-15(10-14(13)2)11-20-17(23)12-22-9-7-16-6-8-21(3)18(16)19(22)24/h4-10H,11-12H2,1-3H3,(H,20,23). The molecular weight excluding hydrogens is 302 g/mol. The van der Waals surface area contributed by atoms with Crippen molar-refractivity contribution in [2.45, 2.75) is 26.9 Å². The molecule has 2 heterocycles. The summed E-state index contributed by atoms with van der Waals surface area (Å²) in [6.45, 7) is 4.59. The first-order chi connectivity index (χ1) is 11.5. The molecule has 1 N–H and O–H groups in total. The van der Waals surface area contributed by atoms with E-state index in [-0.39, 0.29) is 18.0 Å². The van der Waals surface area contributed by atoms with Crippen LogP contribution in [0.1, 0.15) is 16.7 Å². The Morgan fingerprint density at radius 2 is 1.83 bits per heavy atom. The van der Waals surface area contributed by atoms with Gasteiger partial charge in [0.2, 0.25) is 5.91 Å². The highest BCUT2D eigenvalue weighted by molar-refractivity contribution is 5.80. The number of nitrogens with one attached hydrogen (secondary N) is 1. The third kappa shape index (κ3) is 3.11. The van der Waals surface area contributed by atoms with Crippen molar-refractivity contribution >= 4 is 16.8 Å². The first-order valence-corrected chi connectivity index (χ1v) is 7.93. The van der Waals surface area contributed by atoms with Crippen LogP contribution in [0, 0.1) is 13.8 Å². The van der Waals surface area contributed by atoms with Gasteiger partial charge in [-0.05, 0) is 42.7 Å². The molecule has 0 saturated carbocycles. The molecule has 0 unspecified atom stereocenters. The van der Waals surface area contributed by atoms with Crippen LogP contribution in [-0.4, -0.2) is 15.0 Å². The number of pyridine rings is 1. The molecular formula is C19H21N3O2. The topological polar surface area (TPSA) is 56.0 Å². The number of hydrogen-bond donors (Lipinski definition) is 1. The first kappa shape index (κ1) is 16.1. The lowest BCUT2D eigenvalue weighted by Crippen LogP contribution is -2.32. The van der Waals surface area contributed by atoms with E-state index in [1.54, 1.807) is 10.8 Å². The molecule has 0 atom stereocenters. The predicted octanol–water partition coefficient (Wildman–Crippen LogP) is 2.27. The Labute approximate surface area is 140 Å². The lowest BCUT2D eigenvalue weighted by atomic mass is 10.1. The molecule has 2 aromatic heterocycles. The molecule has 3 aromatic rings. The van der Waals surface area contributed by atoms with Crippen LogP contribution in [-0.2, 0) is 24.9 Å². The Bertz CT molecular complexity index is 966. The highest BCUT2D eigenvalue weighted by Gasteiger charge is 2.09. The summed E-state index contributed by atoms with van der Waals surface area (Å²) in [5.74, 6) is -0.177. The number of hydrogen-bond acceptors (Lipinski definition) is 2. The van der Waals surface area contributed by atoms with Crippen molar-refractivity contribution in [2.24, 2.45) is 7.05 Å². The van der Waals surface area contributed by atoms with Crippen molar-refractivity contribution in [3.05, 3.63) is 69.8 Å². The van der Waals surface area contributed by atoms with Gasteiger partial charge in [0.1, 0.15) is 12.1 Å². The Balaban J connectivity index is 1.71. The Kier molecular flexibility index (Phi) is 4.25. The average Bonchev–Trinajstić information content (AvgIpc) is 2.93. The number of rotatable bonds is 4. The van der Waals surface area contributed by atoms with E-state index in [1.807, 2.05) is 37.5 Å². The first-order valence-electron chi connectivity index (χ1n) is 7.93. The largest absolute Gasteiger partial charge is 0.350 e. The van der Waals surface area contributed by atoms with Gasteiger partial charge >= 0.3 is 0 Å². The monoisotopic (exact) mass is 323 g/mol. The molecule has 0 bridgehead atoms. The molecule has 0 aliphatic heterocycles. The zero-order valence-corrected chi connectivity index (χ0v) is 14.2. The van der Waals surface area contributed by atoms with Crippen LogP contribution in [0.25, 0.3) is 10.9 Å². The third-order valence-electron chi connectivity index (χ3n) is 4.38. The number of carbonyl (C=O) groups is 1. The molecule has 0 spiro atoms. The van der Waals surface area contributed by atoms with Gasteiger partial charge in [0, 0.05) is 31.4 Å². The number of benzene rings is 1. The minimum absolute atomic E-state index is 0.0186. The molecule has 1 aromatic carbocycles. The second-order valence-corrected chi connectivity index (χ2v) is 6.17. The van der Waals surface area contributed by atoms with E-state index in [0.29, 0.717) is 12.1 Å². The quantitative estimate of drug-likeness (QED) is 0.801. The van der Waals surface area contributed by atoms with Crippen LogP contribution in [0.5, 0.6) is 0 Å². The van der Waals surface area contributed by atoms with Gasteiger partial charge in [-0.2, -0.15) is 0 Å². The van der Waals surface area contributed by atoms with Crippen LogP contribution >= 0.6 is 0 Å². The molecule has 24 heavy (non-hydrogen) atoms. The molecule has 5 heteroatoms. The lowest BCUT2D eigenvalue weighted by molar-refractivity contribution is -0.121. The predicted molar refractivity (Wildman–Crippen MR) is 94.9 cm³/mol. The third-order valence-corrected chi connectivity index (χ3v) is 4.38. The summed E-state index contributed by atoms with van der Waals surface area (Å²) in [5, 5.41) is 3.76.